The van der Waals surface area contributed by atoms with Crippen molar-refractivity contribution in [2.24, 2.45) is 0 Å². The second-order valence-electron chi connectivity index (χ2n) is 7.35. The van der Waals surface area contributed by atoms with E-state index in [1.807, 2.05) is 0 Å². The van der Waals surface area contributed by atoms with Gasteiger partial charge in [0.05, 0.1) is 10.9 Å². The number of aryl methyl sites for hydroxylation is 1. The van der Waals surface area contributed by atoms with Gasteiger partial charge in [-0.05, 0) is 47.9 Å². The molecule has 0 amide bonds. The van der Waals surface area contributed by atoms with E-state index in [4.69, 9.17) is 4.74 Å². The highest BCUT2D eigenvalue weighted by Crippen LogP contribution is 2.28. The Labute approximate surface area is 186 Å². The lowest BCUT2D eigenvalue weighted by Gasteiger charge is -2.08. The van der Waals surface area contributed by atoms with Crippen LogP contribution in [0.2, 0.25) is 0 Å². The van der Waals surface area contributed by atoms with Crippen molar-refractivity contribution in [3.63, 3.8) is 0 Å². The molecule has 2 aromatic carbocycles. The molecule has 0 aliphatic heterocycles. The van der Waals surface area contributed by atoms with Gasteiger partial charge in [-0.25, -0.2) is 14.4 Å². The monoisotopic (exact) mass is 455 g/mol. The molecular formula is C24H17F4N3O2. The number of hydrogen-bond acceptors (Lipinski definition) is 5. The number of benzene rings is 2. The third-order valence-electron chi connectivity index (χ3n) is 4.91. The summed E-state index contributed by atoms with van der Waals surface area (Å²) in [6, 6.07) is 13.3. The fourth-order valence-electron chi connectivity index (χ4n) is 3.21. The normalized spacial score (nSPS) is 11.5. The molecule has 4 aromatic rings. The van der Waals surface area contributed by atoms with E-state index in [0.717, 1.165) is 17.8 Å². The average Bonchev–Trinajstić information content (AvgIpc) is 2.79. The fraction of sp³-hybridized carbons (Fsp3) is 0.167. The lowest BCUT2D eigenvalue weighted by Crippen LogP contribution is -2.08. The highest BCUT2D eigenvalue weighted by Gasteiger charge is 2.31. The number of hydrogen-bond donors (Lipinski definition) is 0. The van der Waals surface area contributed by atoms with Crippen LogP contribution in [-0.4, -0.2) is 20.7 Å². The highest BCUT2D eigenvalue weighted by molar-refractivity contribution is 5.83. The number of aromatic nitrogens is 3. The summed E-state index contributed by atoms with van der Waals surface area (Å²) >= 11 is 0. The minimum Gasteiger partial charge on any atom is -0.438 e. The van der Waals surface area contributed by atoms with Gasteiger partial charge in [0.25, 0.3) is 0 Å². The van der Waals surface area contributed by atoms with Gasteiger partial charge < -0.3 is 4.74 Å². The van der Waals surface area contributed by atoms with Crippen LogP contribution in [0.3, 0.4) is 0 Å². The van der Waals surface area contributed by atoms with Crippen molar-refractivity contribution in [2.75, 3.05) is 0 Å². The molecule has 2 heterocycles. The van der Waals surface area contributed by atoms with E-state index < -0.39 is 17.7 Å². The predicted molar refractivity (Wildman–Crippen MR) is 112 cm³/mol. The maximum Gasteiger partial charge on any atom is 0.433 e. The number of Topliss-reactive ketones (excluding diaryl/α,β-unsaturated/α-hetero) is 1. The SMILES string of the molecule is O=C(CCc1ccc(C(F)(F)F)nc1)Cc1ccc(Oc2ncnc3cc(F)ccc23)cc1. The number of carbonyl (C=O) groups excluding carboxylic acids is 1. The molecular weight excluding hydrogens is 438 g/mol. The Kier molecular flexibility index (Phi) is 6.30. The summed E-state index contributed by atoms with van der Waals surface area (Å²) in [5, 5.41) is 0.566. The Morgan fingerprint density at radius 1 is 0.909 bits per heavy atom. The van der Waals surface area contributed by atoms with Gasteiger partial charge in [0.1, 0.15) is 29.4 Å². The zero-order valence-electron chi connectivity index (χ0n) is 17.1. The molecule has 9 heteroatoms. The number of ether oxygens (including phenoxy) is 1. The Bertz CT molecular complexity index is 1270. The van der Waals surface area contributed by atoms with Crippen LogP contribution < -0.4 is 4.74 Å². The minimum atomic E-state index is -4.48. The molecule has 5 nitrogen and oxygen atoms in total. The number of pyridine rings is 1. The minimum absolute atomic E-state index is 0.0487. The molecule has 0 spiro atoms. The van der Waals surface area contributed by atoms with Gasteiger partial charge >= 0.3 is 6.18 Å². The number of fused-ring (bicyclic) bond motifs is 1. The van der Waals surface area contributed by atoms with E-state index in [2.05, 4.69) is 15.0 Å². The summed E-state index contributed by atoms with van der Waals surface area (Å²) in [6.45, 7) is 0. The zero-order chi connectivity index (χ0) is 23.4. The van der Waals surface area contributed by atoms with Crippen LogP contribution in [0.15, 0.2) is 67.1 Å². The predicted octanol–water partition coefficient (Wildman–Crippen LogP) is 5.72. The van der Waals surface area contributed by atoms with Crippen LogP contribution in [0.1, 0.15) is 23.2 Å². The summed E-state index contributed by atoms with van der Waals surface area (Å²) in [6.07, 6.45) is -1.36. The van der Waals surface area contributed by atoms with Crippen LogP contribution in [0.5, 0.6) is 11.6 Å². The molecule has 0 aliphatic rings. The molecule has 4 rings (SSSR count). The lowest BCUT2D eigenvalue weighted by molar-refractivity contribution is -0.141. The van der Waals surface area contributed by atoms with Gasteiger partial charge in [0.2, 0.25) is 5.88 Å². The van der Waals surface area contributed by atoms with Gasteiger partial charge in [-0.1, -0.05) is 18.2 Å². The molecule has 0 N–H and O–H groups in total. The van der Waals surface area contributed by atoms with Crippen molar-refractivity contribution < 1.29 is 27.1 Å². The van der Waals surface area contributed by atoms with Crippen LogP contribution in [0.25, 0.3) is 10.9 Å². The number of alkyl halides is 3. The Balaban J connectivity index is 1.34. The highest BCUT2D eigenvalue weighted by atomic mass is 19.4. The first-order chi connectivity index (χ1) is 15.8. The van der Waals surface area contributed by atoms with Crippen LogP contribution >= 0.6 is 0 Å². The van der Waals surface area contributed by atoms with E-state index in [-0.39, 0.29) is 24.5 Å². The van der Waals surface area contributed by atoms with Gasteiger partial charge in [0.15, 0.2) is 0 Å². The molecule has 0 saturated carbocycles. The Morgan fingerprint density at radius 3 is 2.36 bits per heavy atom. The fourth-order valence-corrected chi connectivity index (χ4v) is 3.21. The van der Waals surface area contributed by atoms with Crippen molar-refractivity contribution in [3.8, 4) is 11.6 Å². The number of ketones is 1. The summed E-state index contributed by atoms with van der Waals surface area (Å²) in [5.74, 6) is 0.323. The van der Waals surface area contributed by atoms with Gasteiger partial charge in [0, 0.05) is 25.1 Å². The summed E-state index contributed by atoms with van der Waals surface area (Å²) < 4.78 is 56.9. The molecule has 0 atom stereocenters. The van der Waals surface area contributed by atoms with Crippen molar-refractivity contribution >= 4 is 16.7 Å². The molecule has 0 saturated heterocycles. The maximum absolute atomic E-state index is 13.4. The van der Waals surface area contributed by atoms with Crippen LogP contribution in [-0.2, 0) is 23.8 Å². The summed E-state index contributed by atoms with van der Waals surface area (Å²) in [5.41, 5.74) is 0.803. The molecule has 0 unspecified atom stereocenters. The van der Waals surface area contributed by atoms with Crippen molar-refractivity contribution in [2.45, 2.75) is 25.4 Å². The smallest absolute Gasteiger partial charge is 0.433 e. The van der Waals surface area contributed by atoms with Crippen LogP contribution in [0.4, 0.5) is 17.6 Å². The summed E-state index contributed by atoms with van der Waals surface area (Å²) in [7, 11) is 0. The number of nitrogens with zero attached hydrogens (tertiary/aromatic N) is 3. The molecule has 33 heavy (non-hydrogen) atoms. The van der Waals surface area contributed by atoms with E-state index in [1.54, 1.807) is 30.3 Å². The lowest BCUT2D eigenvalue weighted by atomic mass is 10.0. The second kappa shape index (κ2) is 9.32. The van der Waals surface area contributed by atoms with Crippen molar-refractivity contribution in [1.29, 1.82) is 0 Å². The van der Waals surface area contributed by atoms with E-state index in [0.29, 0.717) is 28.6 Å². The molecule has 0 radical (unpaired) electrons. The molecule has 0 fully saturated rings. The first-order valence-electron chi connectivity index (χ1n) is 9.99. The number of carbonyl (C=O) groups is 1. The standard InChI is InChI=1S/C24H17F4N3O2/c25-17-5-9-20-21(12-17)30-14-31-23(20)33-19-7-2-15(3-8-19)11-18(32)6-1-16-4-10-22(29-13-16)24(26,27)28/h2-5,7-10,12-14H,1,6,11H2. The first kappa shape index (κ1) is 22.3. The van der Waals surface area contributed by atoms with E-state index in [1.165, 1.54) is 24.5 Å². The molecule has 0 aliphatic carbocycles. The molecule has 168 valence electrons. The first-order valence-corrected chi connectivity index (χ1v) is 9.99. The molecule has 0 bridgehead atoms. The topological polar surface area (TPSA) is 65.0 Å². The summed E-state index contributed by atoms with van der Waals surface area (Å²) in [4.78, 5) is 23.8. The molecule has 2 aromatic heterocycles. The van der Waals surface area contributed by atoms with Gasteiger partial charge in [-0.15, -0.1) is 0 Å². The van der Waals surface area contributed by atoms with E-state index >= 15 is 0 Å². The third-order valence-corrected chi connectivity index (χ3v) is 4.91. The van der Waals surface area contributed by atoms with Crippen molar-refractivity contribution in [1.82, 2.24) is 15.0 Å². The maximum atomic E-state index is 13.4. The number of rotatable bonds is 7. The van der Waals surface area contributed by atoms with Crippen molar-refractivity contribution in [3.05, 3.63) is 89.8 Å². The second-order valence-corrected chi connectivity index (χ2v) is 7.35. The zero-order valence-corrected chi connectivity index (χ0v) is 17.1. The van der Waals surface area contributed by atoms with Crippen LogP contribution in [0, 0.1) is 5.82 Å². The largest absolute Gasteiger partial charge is 0.438 e. The quantitative estimate of drug-likeness (QED) is 0.334. The average molecular weight is 455 g/mol. The third kappa shape index (κ3) is 5.68. The van der Waals surface area contributed by atoms with Gasteiger partial charge in [-0.2, -0.15) is 13.2 Å². The number of halogens is 4. The van der Waals surface area contributed by atoms with Gasteiger partial charge in [-0.3, -0.25) is 9.78 Å². The Hall–Kier alpha value is -3.88. The Morgan fingerprint density at radius 2 is 1.67 bits per heavy atom. The van der Waals surface area contributed by atoms with E-state index in [9.17, 15) is 22.4 Å².